The van der Waals surface area contributed by atoms with Gasteiger partial charge in [-0.25, -0.2) is 4.99 Å². The number of amides is 1. The number of ether oxygens (including phenoxy) is 2. The van der Waals surface area contributed by atoms with Crippen LogP contribution in [-0.4, -0.2) is 36.2 Å². The van der Waals surface area contributed by atoms with E-state index in [4.69, 9.17) is 14.5 Å². The zero-order valence-electron chi connectivity index (χ0n) is 28.5. The van der Waals surface area contributed by atoms with Crippen LogP contribution in [-0.2, 0) is 11.4 Å². The van der Waals surface area contributed by atoms with Gasteiger partial charge < -0.3 is 19.7 Å². The van der Waals surface area contributed by atoms with Crippen molar-refractivity contribution in [2.45, 2.75) is 31.3 Å². The number of anilines is 1. The number of amidine groups is 1. The first-order valence-corrected chi connectivity index (χ1v) is 18.1. The van der Waals surface area contributed by atoms with E-state index in [-0.39, 0.29) is 30.0 Å². The number of carbonyl (C=O) groups excluding carboxylic acids is 1. The second-order valence-electron chi connectivity index (χ2n) is 13.1. The Morgan fingerprint density at radius 3 is 2.10 bits per heavy atom. The molecule has 1 N–H and O–H groups in total. The lowest BCUT2D eigenvalue weighted by atomic mass is 9.76. The normalized spacial score (nSPS) is 19.3. The number of nitrogens with one attached hydrogen (secondary N) is 1. The average molecular weight is 709 g/mol. The van der Waals surface area contributed by atoms with Gasteiger partial charge in [-0.2, -0.15) is 0 Å². The summed E-state index contributed by atoms with van der Waals surface area (Å²) >= 11 is 1.32. The summed E-state index contributed by atoms with van der Waals surface area (Å²) in [4.78, 5) is 31.9. The number of nitro benzene ring substituents is 1. The van der Waals surface area contributed by atoms with Crippen LogP contribution in [0, 0.1) is 10.1 Å². The average Bonchev–Trinajstić information content (AvgIpc) is 3.52. The van der Waals surface area contributed by atoms with Crippen molar-refractivity contribution in [1.82, 2.24) is 5.32 Å². The number of benzene rings is 5. The number of aliphatic imine (C=N–C) groups is 1. The van der Waals surface area contributed by atoms with Crippen molar-refractivity contribution in [1.29, 1.82) is 0 Å². The van der Waals surface area contributed by atoms with Gasteiger partial charge in [-0.15, -0.1) is 0 Å². The molecular weight excluding hydrogens is 673 g/mol. The van der Waals surface area contributed by atoms with Crippen LogP contribution in [0.1, 0.15) is 58.1 Å². The summed E-state index contributed by atoms with van der Waals surface area (Å²) in [6.07, 6.45) is 3.89. The van der Waals surface area contributed by atoms with Crippen LogP contribution in [0.15, 0.2) is 125 Å². The van der Waals surface area contributed by atoms with E-state index in [0.29, 0.717) is 21.6 Å². The van der Waals surface area contributed by atoms with Gasteiger partial charge in [-0.05, 0) is 100 Å². The van der Waals surface area contributed by atoms with E-state index < -0.39 is 4.92 Å². The molecule has 0 radical (unpaired) electrons. The van der Waals surface area contributed by atoms with Gasteiger partial charge in [0.25, 0.3) is 11.6 Å². The number of non-ortho nitro benzene ring substituents is 1. The van der Waals surface area contributed by atoms with E-state index in [0.717, 1.165) is 42.7 Å². The van der Waals surface area contributed by atoms with Gasteiger partial charge in [0.15, 0.2) is 16.7 Å². The first-order valence-electron chi connectivity index (χ1n) is 17.3. The molecule has 3 aliphatic rings. The fourth-order valence-electron chi connectivity index (χ4n) is 7.42. The number of hydrogen-bond donors (Lipinski definition) is 1. The minimum absolute atomic E-state index is 0.0259. The van der Waals surface area contributed by atoms with E-state index in [2.05, 4.69) is 83.0 Å². The predicted molar refractivity (Wildman–Crippen MR) is 206 cm³/mol. The van der Waals surface area contributed by atoms with E-state index in [9.17, 15) is 14.9 Å². The highest BCUT2D eigenvalue weighted by Gasteiger charge is 2.35. The molecular formula is C42H36N4O5S. The summed E-state index contributed by atoms with van der Waals surface area (Å²) < 4.78 is 11.6. The monoisotopic (exact) mass is 708 g/mol. The molecule has 0 aromatic heterocycles. The van der Waals surface area contributed by atoms with E-state index >= 15 is 0 Å². The molecule has 9 nitrogen and oxygen atoms in total. The topological polar surface area (TPSA) is 106 Å². The third kappa shape index (κ3) is 6.77. The zero-order chi connectivity index (χ0) is 35.6. The highest BCUT2D eigenvalue weighted by Crippen LogP contribution is 2.50. The fourth-order valence-corrected chi connectivity index (χ4v) is 8.26. The summed E-state index contributed by atoms with van der Waals surface area (Å²) in [5, 5.41) is 14.5. The number of nitro groups is 1. The van der Waals surface area contributed by atoms with Crippen molar-refractivity contribution in [2.24, 2.45) is 4.99 Å². The van der Waals surface area contributed by atoms with E-state index in [1.165, 1.54) is 51.8 Å². The molecule has 52 heavy (non-hydrogen) atoms. The molecule has 10 heteroatoms. The number of thioether (sulfide) groups is 1. The smallest absolute Gasteiger partial charge is 0.269 e. The molecule has 1 saturated heterocycles. The minimum Gasteiger partial charge on any atom is -0.493 e. The highest BCUT2D eigenvalue weighted by molar-refractivity contribution is 8.18. The molecule has 1 amide bonds. The number of carbonyl (C=O) groups is 1. The third-order valence-corrected chi connectivity index (χ3v) is 10.8. The maximum atomic E-state index is 13.2. The van der Waals surface area contributed by atoms with Crippen molar-refractivity contribution < 1.29 is 19.2 Å². The highest BCUT2D eigenvalue weighted by atomic mass is 32.2. The Hall–Kier alpha value is -5.87. The number of nitrogens with zero attached hydrogens (tertiary/aromatic N) is 3. The van der Waals surface area contributed by atoms with Crippen LogP contribution in [0.25, 0.3) is 6.08 Å². The lowest BCUT2D eigenvalue weighted by molar-refractivity contribution is -0.384. The number of hydrogen-bond acceptors (Lipinski definition) is 8. The van der Waals surface area contributed by atoms with Crippen molar-refractivity contribution in [2.75, 3.05) is 25.1 Å². The maximum Gasteiger partial charge on any atom is 0.269 e. The molecule has 3 heterocycles. The fraction of sp³-hybridized carbons (Fsp3) is 0.190. The van der Waals surface area contributed by atoms with Crippen LogP contribution >= 0.6 is 11.8 Å². The Balaban J connectivity index is 1.07. The largest absolute Gasteiger partial charge is 0.493 e. The Labute approximate surface area is 306 Å². The van der Waals surface area contributed by atoms with Gasteiger partial charge in [0.05, 0.1) is 22.6 Å². The lowest BCUT2D eigenvalue weighted by Gasteiger charge is -2.43. The molecule has 8 rings (SSSR count). The number of methoxy groups -OCH3 is 1. The Morgan fingerprint density at radius 2 is 1.50 bits per heavy atom. The Bertz CT molecular complexity index is 2130. The molecule has 3 aliphatic heterocycles. The second kappa shape index (κ2) is 14.4. The Kier molecular flexibility index (Phi) is 9.22. The van der Waals surface area contributed by atoms with Crippen molar-refractivity contribution in [3.63, 3.8) is 0 Å². The summed E-state index contributed by atoms with van der Waals surface area (Å²) in [6, 6.07) is 37.6. The standard InChI is InChI=1S/C42H36N4O5S/c1-50-38-22-28(14-17-37(38)51-26-27-12-15-32(16-13-27)46(48)49)23-39-41(47)44-42(52-39)43-31-24-35-33(29-8-4-2-5-9-29)18-20-45-21-19-34(36(25-31)40(35)45)30-10-6-3-7-11-30/h2-17,22-25,33-34H,18-21,26H2,1H3,(H,43,44,47)/b39-23-/t33-,34-/m1/s1. The van der Waals surface area contributed by atoms with Crippen molar-refractivity contribution in [3.05, 3.63) is 164 Å². The van der Waals surface area contributed by atoms with Crippen LogP contribution in [0.5, 0.6) is 11.5 Å². The van der Waals surface area contributed by atoms with Gasteiger partial charge in [-0.3, -0.25) is 14.9 Å². The molecule has 0 unspecified atom stereocenters. The van der Waals surface area contributed by atoms with Crippen LogP contribution in [0.3, 0.4) is 0 Å². The number of rotatable bonds is 9. The summed E-state index contributed by atoms with van der Waals surface area (Å²) in [5.41, 5.74) is 8.96. The van der Waals surface area contributed by atoms with E-state index in [1.807, 2.05) is 18.2 Å². The van der Waals surface area contributed by atoms with E-state index in [1.54, 1.807) is 25.3 Å². The molecule has 5 aromatic carbocycles. The molecule has 0 spiro atoms. The molecule has 260 valence electrons. The van der Waals surface area contributed by atoms with Gasteiger partial charge in [0.1, 0.15) is 6.61 Å². The van der Waals surface area contributed by atoms with Gasteiger partial charge in [0, 0.05) is 42.7 Å². The SMILES string of the molecule is COc1cc(/C=C2\SC(=Nc3cc4c5c(c3)[C@@H](c3ccccc3)CCN5CC[C@@H]4c3ccccc3)NC2=O)ccc1OCc1ccc([N+](=O)[O-])cc1. The molecule has 2 atom stereocenters. The maximum absolute atomic E-state index is 13.2. The lowest BCUT2D eigenvalue weighted by Crippen LogP contribution is -2.37. The van der Waals surface area contributed by atoms with Crippen molar-refractivity contribution >= 4 is 46.0 Å². The molecule has 0 aliphatic carbocycles. The Morgan fingerprint density at radius 1 is 0.865 bits per heavy atom. The quantitative estimate of drug-likeness (QED) is 0.0926. The minimum atomic E-state index is -0.432. The molecule has 0 bridgehead atoms. The molecule has 0 saturated carbocycles. The first kappa shape index (κ1) is 33.3. The van der Waals surface area contributed by atoms with Crippen molar-refractivity contribution in [3.8, 4) is 11.5 Å². The third-order valence-electron chi connectivity index (χ3n) is 9.91. The summed E-state index contributed by atoms with van der Waals surface area (Å²) in [5.74, 6) is 1.34. The second-order valence-corrected chi connectivity index (χ2v) is 14.1. The summed E-state index contributed by atoms with van der Waals surface area (Å²) in [7, 11) is 1.56. The summed E-state index contributed by atoms with van der Waals surface area (Å²) in [6.45, 7) is 2.26. The van der Waals surface area contributed by atoms with Gasteiger partial charge >= 0.3 is 0 Å². The van der Waals surface area contributed by atoms with Crippen LogP contribution in [0.4, 0.5) is 17.1 Å². The predicted octanol–water partition coefficient (Wildman–Crippen LogP) is 8.95. The molecule has 1 fully saturated rings. The van der Waals surface area contributed by atoms with Gasteiger partial charge in [-0.1, -0.05) is 66.7 Å². The van der Waals surface area contributed by atoms with Crippen LogP contribution in [0.2, 0.25) is 0 Å². The first-order chi connectivity index (χ1) is 25.4. The molecule has 5 aromatic rings. The van der Waals surface area contributed by atoms with Crippen LogP contribution < -0.4 is 19.7 Å². The zero-order valence-corrected chi connectivity index (χ0v) is 29.3. The van der Waals surface area contributed by atoms with Gasteiger partial charge in [0.2, 0.25) is 0 Å².